The predicted octanol–water partition coefficient (Wildman–Crippen LogP) is 4.12. The Bertz CT molecular complexity index is 333. The van der Waals surface area contributed by atoms with E-state index in [1.807, 2.05) is 0 Å². The van der Waals surface area contributed by atoms with Crippen LogP contribution in [0.1, 0.15) is 58.1 Å². The maximum atomic E-state index is 5.90. The molecule has 1 heteroatoms. The molecular weight excluding hydrogens is 206 g/mol. The number of nitrogens with two attached hydrogens (primary N) is 1. The van der Waals surface area contributed by atoms with E-state index in [2.05, 4.69) is 58.9 Å². The van der Waals surface area contributed by atoms with Crippen molar-refractivity contribution in [3.8, 4) is 0 Å². The Hall–Kier alpha value is -0.820. The number of hydrogen-bond acceptors (Lipinski definition) is 1. The van der Waals surface area contributed by atoms with Gasteiger partial charge in [0.05, 0.1) is 0 Å². The molecule has 96 valence electrons. The van der Waals surface area contributed by atoms with Crippen LogP contribution in [0.5, 0.6) is 0 Å². The quantitative estimate of drug-likeness (QED) is 0.813. The molecule has 0 bridgehead atoms. The van der Waals surface area contributed by atoms with Gasteiger partial charge in [-0.3, -0.25) is 0 Å². The van der Waals surface area contributed by atoms with E-state index >= 15 is 0 Å². The number of rotatable bonds is 5. The van der Waals surface area contributed by atoms with E-state index in [-0.39, 0.29) is 11.5 Å². The molecule has 0 saturated carbocycles. The Balaban J connectivity index is 2.68. The normalized spacial score (nSPS) is 14.1. The van der Waals surface area contributed by atoms with Crippen LogP contribution < -0.4 is 5.73 Å². The van der Waals surface area contributed by atoms with E-state index < -0.39 is 0 Å². The second kappa shape index (κ2) is 5.68. The fourth-order valence-corrected chi connectivity index (χ4v) is 2.52. The minimum atomic E-state index is 0.278. The van der Waals surface area contributed by atoms with Crippen LogP contribution in [0.15, 0.2) is 24.3 Å². The smallest absolute Gasteiger partial charge is 0.00156 e. The maximum Gasteiger partial charge on any atom is 0.00156 e. The first-order valence-electron chi connectivity index (χ1n) is 6.64. The molecule has 0 spiro atoms. The zero-order chi connectivity index (χ0) is 13.1. The van der Waals surface area contributed by atoms with Gasteiger partial charge >= 0.3 is 0 Å². The van der Waals surface area contributed by atoms with Gasteiger partial charge in [-0.15, -0.1) is 0 Å². The van der Waals surface area contributed by atoms with Gasteiger partial charge in [-0.05, 0) is 42.2 Å². The molecule has 1 atom stereocenters. The van der Waals surface area contributed by atoms with Crippen LogP contribution in [0.2, 0.25) is 0 Å². The van der Waals surface area contributed by atoms with Gasteiger partial charge in [0, 0.05) is 6.04 Å². The van der Waals surface area contributed by atoms with Crippen LogP contribution in [0, 0.1) is 5.41 Å². The molecule has 0 aliphatic rings. The summed E-state index contributed by atoms with van der Waals surface area (Å²) in [4.78, 5) is 0. The van der Waals surface area contributed by atoms with E-state index in [0.29, 0.717) is 5.92 Å². The Morgan fingerprint density at radius 1 is 1.06 bits per heavy atom. The van der Waals surface area contributed by atoms with Crippen molar-refractivity contribution >= 4 is 0 Å². The van der Waals surface area contributed by atoms with Gasteiger partial charge < -0.3 is 5.73 Å². The van der Waals surface area contributed by atoms with E-state index in [0.717, 1.165) is 12.8 Å². The molecule has 0 aliphatic heterocycles. The molecule has 1 rings (SSSR count). The molecule has 1 nitrogen and oxygen atoms in total. The van der Waals surface area contributed by atoms with E-state index in [1.165, 1.54) is 11.1 Å². The summed E-state index contributed by atoms with van der Waals surface area (Å²) in [7, 11) is 0. The van der Waals surface area contributed by atoms with Crippen LogP contribution >= 0.6 is 0 Å². The Kier molecular flexibility index (Phi) is 4.76. The molecule has 0 saturated heterocycles. The highest BCUT2D eigenvalue weighted by Crippen LogP contribution is 2.27. The lowest BCUT2D eigenvalue weighted by Gasteiger charge is -2.26. The molecule has 2 N–H and O–H groups in total. The van der Waals surface area contributed by atoms with Gasteiger partial charge in [0.1, 0.15) is 0 Å². The van der Waals surface area contributed by atoms with Crippen molar-refractivity contribution in [3.63, 3.8) is 0 Å². The largest absolute Gasteiger partial charge is 0.328 e. The zero-order valence-corrected chi connectivity index (χ0v) is 12.0. The van der Waals surface area contributed by atoms with E-state index in [4.69, 9.17) is 5.73 Å². The van der Waals surface area contributed by atoms with Gasteiger partial charge in [0.25, 0.3) is 0 Å². The average molecular weight is 233 g/mol. The minimum Gasteiger partial charge on any atom is -0.328 e. The van der Waals surface area contributed by atoms with Crippen LogP contribution in [-0.2, 0) is 6.42 Å². The first-order chi connectivity index (χ1) is 7.80. The van der Waals surface area contributed by atoms with Crippen molar-refractivity contribution in [1.29, 1.82) is 0 Å². The Morgan fingerprint density at radius 3 is 2.00 bits per heavy atom. The summed E-state index contributed by atoms with van der Waals surface area (Å²) in [5, 5.41) is 0. The lowest BCUT2D eigenvalue weighted by molar-refractivity contribution is 0.309. The highest BCUT2D eigenvalue weighted by molar-refractivity contribution is 5.25. The van der Waals surface area contributed by atoms with E-state index in [1.54, 1.807) is 0 Å². The molecule has 0 heterocycles. The third kappa shape index (κ3) is 4.91. The average Bonchev–Trinajstić information content (AvgIpc) is 2.15. The highest BCUT2D eigenvalue weighted by atomic mass is 14.6. The molecular formula is C16H27N. The first-order valence-corrected chi connectivity index (χ1v) is 6.64. The molecule has 1 aromatic rings. The lowest BCUT2D eigenvalue weighted by Crippen LogP contribution is -2.26. The number of hydrogen-bond donors (Lipinski definition) is 1. The highest BCUT2D eigenvalue weighted by Gasteiger charge is 2.20. The lowest BCUT2D eigenvalue weighted by atomic mass is 9.80. The third-order valence-electron chi connectivity index (χ3n) is 3.20. The zero-order valence-electron chi connectivity index (χ0n) is 12.0. The fraction of sp³-hybridized carbons (Fsp3) is 0.625. The van der Waals surface area contributed by atoms with Gasteiger partial charge in [-0.1, -0.05) is 52.0 Å². The van der Waals surface area contributed by atoms with Crippen molar-refractivity contribution in [3.05, 3.63) is 35.4 Å². The number of benzene rings is 1. The maximum absolute atomic E-state index is 5.90. The standard InChI is InChI=1S/C16H27N/c1-12(2)15-8-6-14(7-9-15)11-16(4,5)10-13(3)17/h6-9,12-13H,10-11,17H2,1-5H3. The van der Waals surface area contributed by atoms with Crippen LogP contribution in [0.3, 0.4) is 0 Å². The van der Waals surface area contributed by atoms with Crippen molar-refractivity contribution in [2.45, 2.75) is 59.4 Å². The predicted molar refractivity (Wildman–Crippen MR) is 76.3 cm³/mol. The van der Waals surface area contributed by atoms with Crippen molar-refractivity contribution in [1.82, 2.24) is 0 Å². The van der Waals surface area contributed by atoms with Gasteiger partial charge in [-0.25, -0.2) is 0 Å². The second-order valence-corrected chi connectivity index (χ2v) is 6.42. The minimum absolute atomic E-state index is 0.278. The summed E-state index contributed by atoms with van der Waals surface area (Å²) in [6.45, 7) is 11.1. The monoisotopic (exact) mass is 233 g/mol. The third-order valence-corrected chi connectivity index (χ3v) is 3.20. The molecule has 1 unspecified atom stereocenters. The Morgan fingerprint density at radius 2 is 1.59 bits per heavy atom. The topological polar surface area (TPSA) is 26.0 Å². The summed E-state index contributed by atoms with van der Waals surface area (Å²) < 4.78 is 0. The molecule has 0 aliphatic carbocycles. The molecule has 17 heavy (non-hydrogen) atoms. The van der Waals surface area contributed by atoms with Crippen LogP contribution in [0.25, 0.3) is 0 Å². The summed E-state index contributed by atoms with van der Waals surface area (Å²) in [6, 6.07) is 9.31. The van der Waals surface area contributed by atoms with Crippen molar-refractivity contribution in [2.24, 2.45) is 11.1 Å². The molecule has 0 fully saturated rings. The summed E-state index contributed by atoms with van der Waals surface area (Å²) in [6.07, 6.45) is 2.17. The van der Waals surface area contributed by atoms with Crippen molar-refractivity contribution in [2.75, 3.05) is 0 Å². The van der Waals surface area contributed by atoms with Crippen molar-refractivity contribution < 1.29 is 0 Å². The molecule has 0 aromatic heterocycles. The summed E-state index contributed by atoms with van der Waals surface area (Å²) >= 11 is 0. The van der Waals surface area contributed by atoms with Gasteiger partial charge in [0.2, 0.25) is 0 Å². The van der Waals surface area contributed by atoms with Crippen LogP contribution in [-0.4, -0.2) is 6.04 Å². The summed E-state index contributed by atoms with van der Waals surface area (Å²) in [5.74, 6) is 0.612. The SMILES string of the molecule is CC(N)CC(C)(C)Cc1ccc(C(C)C)cc1. The van der Waals surface area contributed by atoms with E-state index in [9.17, 15) is 0 Å². The fourth-order valence-electron chi connectivity index (χ4n) is 2.52. The molecule has 0 amide bonds. The van der Waals surface area contributed by atoms with Gasteiger partial charge in [0.15, 0.2) is 0 Å². The molecule has 0 radical (unpaired) electrons. The molecule has 1 aromatic carbocycles. The second-order valence-electron chi connectivity index (χ2n) is 6.42. The summed E-state index contributed by atoms with van der Waals surface area (Å²) in [5.41, 5.74) is 9.01. The van der Waals surface area contributed by atoms with Gasteiger partial charge in [-0.2, -0.15) is 0 Å². The Labute approximate surface area is 106 Å². The van der Waals surface area contributed by atoms with Crippen LogP contribution in [0.4, 0.5) is 0 Å². The first kappa shape index (κ1) is 14.2.